The van der Waals surface area contributed by atoms with E-state index in [1.165, 1.54) is 5.56 Å². The highest BCUT2D eigenvalue weighted by Gasteiger charge is 2.08. The van der Waals surface area contributed by atoms with Crippen molar-refractivity contribution in [2.75, 3.05) is 14.1 Å². The molecule has 62 valence electrons. The average molecular weight is 159 g/mol. The standard InChI is InChI=1S/C11H13N/c1-4-11(12(2)3)10-8-6-5-7-9-10/h1,5-9,11H,2-3H3. The molecule has 0 fully saturated rings. The largest absolute Gasteiger partial charge is 0.292 e. The van der Waals surface area contributed by atoms with Gasteiger partial charge in [0.15, 0.2) is 0 Å². The van der Waals surface area contributed by atoms with E-state index in [0.29, 0.717) is 0 Å². The van der Waals surface area contributed by atoms with Gasteiger partial charge >= 0.3 is 0 Å². The molecule has 1 atom stereocenters. The molecule has 1 rings (SSSR count). The minimum atomic E-state index is 0.0891. The molecule has 0 radical (unpaired) electrons. The van der Waals surface area contributed by atoms with Crippen molar-refractivity contribution in [1.82, 2.24) is 4.90 Å². The van der Waals surface area contributed by atoms with Gasteiger partial charge in [0.1, 0.15) is 0 Å². The Balaban J connectivity index is 2.90. The van der Waals surface area contributed by atoms with E-state index in [2.05, 4.69) is 5.92 Å². The highest BCUT2D eigenvalue weighted by Crippen LogP contribution is 2.15. The minimum Gasteiger partial charge on any atom is -0.292 e. The van der Waals surface area contributed by atoms with Gasteiger partial charge in [-0.05, 0) is 19.7 Å². The predicted octanol–water partition coefficient (Wildman–Crippen LogP) is 1.92. The third kappa shape index (κ3) is 1.87. The van der Waals surface area contributed by atoms with Crippen molar-refractivity contribution in [3.05, 3.63) is 35.9 Å². The van der Waals surface area contributed by atoms with Crippen LogP contribution in [0.25, 0.3) is 0 Å². The first-order valence-electron chi connectivity index (χ1n) is 3.93. The van der Waals surface area contributed by atoms with Crippen molar-refractivity contribution in [3.8, 4) is 12.3 Å². The monoisotopic (exact) mass is 159 g/mol. The summed E-state index contributed by atoms with van der Waals surface area (Å²) >= 11 is 0. The van der Waals surface area contributed by atoms with Crippen molar-refractivity contribution in [3.63, 3.8) is 0 Å². The predicted molar refractivity (Wildman–Crippen MR) is 51.7 cm³/mol. The summed E-state index contributed by atoms with van der Waals surface area (Å²) in [6.45, 7) is 0. The molecular formula is C11H13N. The van der Waals surface area contributed by atoms with Gasteiger partial charge in [0.2, 0.25) is 0 Å². The van der Waals surface area contributed by atoms with Crippen LogP contribution in [0.2, 0.25) is 0 Å². The van der Waals surface area contributed by atoms with Crippen LogP contribution in [0.1, 0.15) is 11.6 Å². The van der Waals surface area contributed by atoms with Crippen LogP contribution in [-0.2, 0) is 0 Å². The van der Waals surface area contributed by atoms with Crippen LogP contribution in [0.5, 0.6) is 0 Å². The number of benzene rings is 1. The maximum atomic E-state index is 5.41. The van der Waals surface area contributed by atoms with Crippen molar-refractivity contribution in [2.24, 2.45) is 0 Å². The number of hydrogen-bond acceptors (Lipinski definition) is 1. The Hall–Kier alpha value is -1.26. The Morgan fingerprint density at radius 1 is 1.25 bits per heavy atom. The fourth-order valence-corrected chi connectivity index (χ4v) is 1.18. The van der Waals surface area contributed by atoms with E-state index in [0.717, 1.165) is 0 Å². The van der Waals surface area contributed by atoms with E-state index in [1.807, 2.05) is 49.3 Å². The molecule has 0 saturated heterocycles. The molecule has 0 heterocycles. The third-order valence-corrected chi connectivity index (χ3v) is 1.79. The van der Waals surface area contributed by atoms with Crippen LogP contribution in [0.4, 0.5) is 0 Å². The lowest BCUT2D eigenvalue weighted by molar-refractivity contribution is 0.361. The van der Waals surface area contributed by atoms with Crippen LogP contribution in [-0.4, -0.2) is 19.0 Å². The van der Waals surface area contributed by atoms with Crippen molar-refractivity contribution in [2.45, 2.75) is 6.04 Å². The van der Waals surface area contributed by atoms with Crippen LogP contribution in [0, 0.1) is 12.3 Å². The topological polar surface area (TPSA) is 3.24 Å². The van der Waals surface area contributed by atoms with E-state index < -0.39 is 0 Å². The first-order chi connectivity index (χ1) is 5.75. The van der Waals surface area contributed by atoms with Crippen LogP contribution >= 0.6 is 0 Å². The first kappa shape index (κ1) is 8.83. The molecule has 0 amide bonds. The van der Waals surface area contributed by atoms with Crippen molar-refractivity contribution < 1.29 is 0 Å². The van der Waals surface area contributed by atoms with Crippen LogP contribution in [0.3, 0.4) is 0 Å². The van der Waals surface area contributed by atoms with E-state index in [4.69, 9.17) is 6.42 Å². The van der Waals surface area contributed by atoms with Gasteiger partial charge in [0.05, 0.1) is 6.04 Å². The molecule has 0 aliphatic rings. The average Bonchev–Trinajstić information content (AvgIpc) is 2.07. The zero-order chi connectivity index (χ0) is 8.97. The summed E-state index contributed by atoms with van der Waals surface area (Å²) in [6.07, 6.45) is 5.41. The molecule has 1 unspecified atom stereocenters. The van der Waals surface area contributed by atoms with Gasteiger partial charge in [-0.15, -0.1) is 6.42 Å². The maximum absolute atomic E-state index is 5.41. The Kier molecular flexibility index (Phi) is 2.90. The molecule has 1 aromatic carbocycles. The molecule has 1 nitrogen and oxygen atoms in total. The molecule has 0 saturated carbocycles. The maximum Gasteiger partial charge on any atom is 0.0963 e. The third-order valence-electron chi connectivity index (χ3n) is 1.79. The van der Waals surface area contributed by atoms with E-state index in [1.54, 1.807) is 0 Å². The van der Waals surface area contributed by atoms with E-state index in [9.17, 15) is 0 Å². The fourth-order valence-electron chi connectivity index (χ4n) is 1.18. The molecule has 0 N–H and O–H groups in total. The summed E-state index contributed by atoms with van der Waals surface area (Å²) in [6, 6.07) is 10.2. The normalized spacial score (nSPS) is 12.5. The molecule has 0 spiro atoms. The number of rotatable bonds is 2. The van der Waals surface area contributed by atoms with E-state index >= 15 is 0 Å². The zero-order valence-electron chi connectivity index (χ0n) is 7.49. The Morgan fingerprint density at radius 3 is 2.25 bits per heavy atom. The van der Waals surface area contributed by atoms with Gasteiger partial charge in [-0.25, -0.2) is 0 Å². The molecule has 1 heteroatoms. The lowest BCUT2D eigenvalue weighted by Crippen LogP contribution is -2.17. The highest BCUT2D eigenvalue weighted by molar-refractivity contribution is 5.25. The molecule has 0 bridgehead atoms. The molecule has 12 heavy (non-hydrogen) atoms. The number of nitrogens with zero attached hydrogens (tertiary/aromatic N) is 1. The summed E-state index contributed by atoms with van der Waals surface area (Å²) in [7, 11) is 3.97. The first-order valence-corrected chi connectivity index (χ1v) is 3.93. The summed E-state index contributed by atoms with van der Waals surface area (Å²) in [5, 5.41) is 0. The smallest absolute Gasteiger partial charge is 0.0963 e. The Morgan fingerprint density at radius 2 is 1.83 bits per heavy atom. The molecule has 1 aromatic rings. The van der Waals surface area contributed by atoms with E-state index in [-0.39, 0.29) is 6.04 Å². The van der Waals surface area contributed by atoms with Gasteiger partial charge < -0.3 is 0 Å². The van der Waals surface area contributed by atoms with Crippen molar-refractivity contribution >= 4 is 0 Å². The summed E-state index contributed by atoms with van der Waals surface area (Å²) in [5.74, 6) is 2.74. The van der Waals surface area contributed by atoms with Gasteiger partial charge in [-0.2, -0.15) is 0 Å². The van der Waals surface area contributed by atoms with Gasteiger partial charge in [-0.1, -0.05) is 36.3 Å². The quantitative estimate of drug-likeness (QED) is 0.596. The second-order valence-electron chi connectivity index (χ2n) is 2.94. The highest BCUT2D eigenvalue weighted by atomic mass is 15.1. The molecular weight excluding hydrogens is 146 g/mol. The number of hydrogen-bond donors (Lipinski definition) is 0. The van der Waals surface area contributed by atoms with Gasteiger partial charge in [0.25, 0.3) is 0 Å². The van der Waals surface area contributed by atoms with Crippen LogP contribution in [0.15, 0.2) is 30.3 Å². The van der Waals surface area contributed by atoms with Gasteiger partial charge in [-0.3, -0.25) is 4.90 Å². The Labute approximate surface area is 74.0 Å². The lowest BCUT2D eigenvalue weighted by atomic mass is 10.1. The summed E-state index contributed by atoms with van der Waals surface area (Å²) in [4.78, 5) is 2.02. The SMILES string of the molecule is C#CC(c1ccccc1)N(C)C. The van der Waals surface area contributed by atoms with Crippen molar-refractivity contribution in [1.29, 1.82) is 0 Å². The Bertz CT molecular complexity index is 269. The molecule has 0 aromatic heterocycles. The molecule has 0 aliphatic heterocycles. The summed E-state index contributed by atoms with van der Waals surface area (Å²) < 4.78 is 0. The lowest BCUT2D eigenvalue weighted by Gasteiger charge is -2.18. The fraction of sp³-hybridized carbons (Fsp3) is 0.273. The minimum absolute atomic E-state index is 0.0891. The second kappa shape index (κ2) is 3.94. The second-order valence-corrected chi connectivity index (χ2v) is 2.94. The van der Waals surface area contributed by atoms with Crippen LogP contribution < -0.4 is 0 Å². The zero-order valence-corrected chi connectivity index (χ0v) is 7.49. The van der Waals surface area contributed by atoms with Gasteiger partial charge in [0, 0.05) is 0 Å². The molecule has 0 aliphatic carbocycles. The number of terminal acetylenes is 1. The summed E-state index contributed by atoms with van der Waals surface area (Å²) in [5.41, 5.74) is 1.17.